The van der Waals surface area contributed by atoms with Crippen LogP contribution in [0.25, 0.3) is 0 Å². The van der Waals surface area contributed by atoms with Crippen molar-refractivity contribution in [2.24, 2.45) is 0 Å². The first-order valence-corrected chi connectivity index (χ1v) is 7.47. The summed E-state index contributed by atoms with van der Waals surface area (Å²) in [6.45, 7) is 1.40. The molecule has 0 aliphatic heterocycles. The number of carbonyl (C=O) groups is 1. The molecule has 0 bridgehead atoms. The van der Waals surface area contributed by atoms with Crippen LogP contribution in [0.4, 0.5) is 15.8 Å². The van der Waals surface area contributed by atoms with E-state index in [1.165, 1.54) is 37.3 Å². The molecule has 0 unspecified atom stereocenters. The number of hydrogen-bond acceptors (Lipinski definition) is 4. The number of nitrogens with one attached hydrogen (secondary N) is 1. The molecule has 0 aliphatic carbocycles. The predicted molar refractivity (Wildman–Crippen MR) is 78.1 cm³/mol. The van der Waals surface area contributed by atoms with Crippen LogP contribution < -0.4 is 10.5 Å². The average molecular weight is 308 g/mol. The highest BCUT2D eigenvalue weighted by Gasteiger charge is 2.19. The lowest BCUT2D eigenvalue weighted by atomic mass is 10.1. The lowest BCUT2D eigenvalue weighted by Gasteiger charge is -2.09. The average Bonchev–Trinajstić information content (AvgIpc) is 2.41. The fourth-order valence-corrected chi connectivity index (χ4v) is 2.88. The number of ketones is 1. The zero-order valence-electron chi connectivity index (χ0n) is 11.1. The lowest BCUT2D eigenvalue weighted by Crippen LogP contribution is -2.15. The zero-order valence-corrected chi connectivity index (χ0v) is 11.9. The van der Waals surface area contributed by atoms with Gasteiger partial charge in [-0.1, -0.05) is 0 Å². The second-order valence-corrected chi connectivity index (χ2v) is 6.08. The third kappa shape index (κ3) is 3.38. The summed E-state index contributed by atoms with van der Waals surface area (Å²) < 4.78 is 40.1. The fourth-order valence-electron chi connectivity index (χ4n) is 1.71. The van der Waals surface area contributed by atoms with Crippen LogP contribution in [-0.2, 0) is 10.0 Å². The predicted octanol–water partition coefficient (Wildman–Crippen LogP) is 2.41. The third-order valence-corrected chi connectivity index (χ3v) is 4.18. The van der Waals surface area contributed by atoms with E-state index in [1.807, 2.05) is 0 Å². The fraction of sp³-hybridized carbons (Fsp3) is 0.0714. The van der Waals surface area contributed by atoms with Gasteiger partial charge >= 0.3 is 0 Å². The summed E-state index contributed by atoms with van der Waals surface area (Å²) in [5, 5.41) is 0. The zero-order chi connectivity index (χ0) is 15.6. The molecule has 21 heavy (non-hydrogen) atoms. The van der Waals surface area contributed by atoms with E-state index in [1.54, 1.807) is 0 Å². The maximum Gasteiger partial charge on any atom is 0.264 e. The summed E-state index contributed by atoms with van der Waals surface area (Å²) in [5.74, 6) is -1.02. The lowest BCUT2D eigenvalue weighted by molar-refractivity contribution is 0.101. The smallest absolute Gasteiger partial charge is 0.264 e. The molecule has 0 fully saturated rings. The van der Waals surface area contributed by atoms with Gasteiger partial charge < -0.3 is 5.73 Å². The van der Waals surface area contributed by atoms with E-state index in [0.29, 0.717) is 5.56 Å². The van der Waals surface area contributed by atoms with Crippen molar-refractivity contribution in [2.75, 3.05) is 10.5 Å². The van der Waals surface area contributed by atoms with Gasteiger partial charge in [0.05, 0.1) is 0 Å². The minimum atomic E-state index is -4.09. The molecule has 0 aromatic heterocycles. The van der Waals surface area contributed by atoms with Gasteiger partial charge in [-0.05, 0) is 49.4 Å². The maximum atomic E-state index is 13.6. The van der Waals surface area contributed by atoms with Crippen molar-refractivity contribution in [1.29, 1.82) is 0 Å². The standard InChI is InChI=1S/C14H13FN2O3S/c1-9(18)10-2-5-12(6-3-10)17-21(19,20)14-8-11(16)4-7-13(14)15/h2-8,17H,16H2,1H3. The summed E-state index contributed by atoms with van der Waals surface area (Å²) in [6, 6.07) is 9.13. The monoisotopic (exact) mass is 308 g/mol. The Hall–Kier alpha value is -2.41. The van der Waals surface area contributed by atoms with Crippen LogP contribution in [0.3, 0.4) is 0 Å². The number of nitrogens with two attached hydrogens (primary N) is 1. The maximum absolute atomic E-state index is 13.6. The number of carbonyl (C=O) groups excluding carboxylic acids is 1. The van der Waals surface area contributed by atoms with Crippen LogP contribution in [0.5, 0.6) is 0 Å². The molecule has 110 valence electrons. The third-order valence-electron chi connectivity index (χ3n) is 2.79. The van der Waals surface area contributed by atoms with Crippen LogP contribution in [0.2, 0.25) is 0 Å². The van der Waals surface area contributed by atoms with E-state index in [9.17, 15) is 17.6 Å². The molecule has 0 atom stereocenters. The molecule has 0 heterocycles. The minimum Gasteiger partial charge on any atom is -0.399 e. The van der Waals surface area contributed by atoms with Gasteiger partial charge in [0, 0.05) is 16.9 Å². The molecule has 0 saturated carbocycles. The van der Waals surface area contributed by atoms with Crippen LogP contribution in [0, 0.1) is 5.82 Å². The Kier molecular flexibility index (Phi) is 3.95. The second kappa shape index (κ2) is 5.53. The van der Waals surface area contributed by atoms with Gasteiger partial charge in [-0.25, -0.2) is 12.8 Å². The van der Waals surface area contributed by atoms with E-state index in [2.05, 4.69) is 4.72 Å². The number of halogens is 1. The summed E-state index contributed by atoms with van der Waals surface area (Å²) in [4.78, 5) is 10.6. The van der Waals surface area contributed by atoms with Crippen molar-refractivity contribution in [3.05, 3.63) is 53.8 Å². The Morgan fingerprint density at radius 2 is 1.76 bits per heavy atom. The molecule has 5 nitrogen and oxygen atoms in total. The summed E-state index contributed by atoms with van der Waals surface area (Å²) in [5.41, 5.74) is 6.29. The van der Waals surface area contributed by atoms with Gasteiger partial charge in [-0.3, -0.25) is 9.52 Å². The van der Waals surface area contributed by atoms with E-state index >= 15 is 0 Å². The SMILES string of the molecule is CC(=O)c1ccc(NS(=O)(=O)c2cc(N)ccc2F)cc1. The van der Waals surface area contributed by atoms with Crippen molar-refractivity contribution >= 4 is 27.2 Å². The molecule has 2 aromatic carbocycles. The van der Waals surface area contributed by atoms with E-state index < -0.39 is 20.7 Å². The topological polar surface area (TPSA) is 89.3 Å². The van der Waals surface area contributed by atoms with Gasteiger partial charge in [0.15, 0.2) is 5.78 Å². The molecular weight excluding hydrogens is 295 g/mol. The molecule has 3 N–H and O–H groups in total. The Labute approximate surface area is 121 Å². The molecule has 7 heteroatoms. The summed E-state index contributed by atoms with van der Waals surface area (Å²) in [7, 11) is -4.09. The van der Waals surface area contributed by atoms with Crippen molar-refractivity contribution in [2.45, 2.75) is 11.8 Å². The molecule has 2 rings (SSSR count). The van der Waals surface area contributed by atoms with Gasteiger partial charge in [-0.15, -0.1) is 0 Å². The highest BCUT2D eigenvalue weighted by molar-refractivity contribution is 7.92. The van der Waals surface area contributed by atoms with Crippen molar-refractivity contribution in [3.8, 4) is 0 Å². The van der Waals surface area contributed by atoms with Crippen molar-refractivity contribution < 1.29 is 17.6 Å². The molecule has 2 aromatic rings. The number of rotatable bonds is 4. The first kappa shape index (κ1) is 15.0. The number of Topliss-reactive ketones (excluding diaryl/α,β-unsaturated/α-hetero) is 1. The van der Waals surface area contributed by atoms with Crippen LogP contribution in [0.15, 0.2) is 47.4 Å². The highest BCUT2D eigenvalue weighted by Crippen LogP contribution is 2.21. The number of nitrogen functional groups attached to an aromatic ring is 1. The van der Waals surface area contributed by atoms with Crippen molar-refractivity contribution in [3.63, 3.8) is 0 Å². The van der Waals surface area contributed by atoms with Crippen LogP contribution >= 0.6 is 0 Å². The van der Waals surface area contributed by atoms with Gasteiger partial charge in [0.25, 0.3) is 10.0 Å². The van der Waals surface area contributed by atoms with Gasteiger partial charge in [0.1, 0.15) is 10.7 Å². The second-order valence-electron chi connectivity index (χ2n) is 4.43. The van der Waals surface area contributed by atoms with Gasteiger partial charge in [0.2, 0.25) is 0 Å². The summed E-state index contributed by atoms with van der Waals surface area (Å²) in [6.07, 6.45) is 0. The van der Waals surface area contributed by atoms with Crippen molar-refractivity contribution in [1.82, 2.24) is 0 Å². The van der Waals surface area contributed by atoms with Gasteiger partial charge in [-0.2, -0.15) is 0 Å². The molecular formula is C14H13FN2O3S. The first-order valence-electron chi connectivity index (χ1n) is 5.98. The summed E-state index contributed by atoms with van der Waals surface area (Å²) >= 11 is 0. The molecule has 0 radical (unpaired) electrons. The van der Waals surface area contributed by atoms with Crippen LogP contribution in [-0.4, -0.2) is 14.2 Å². The largest absolute Gasteiger partial charge is 0.399 e. The number of hydrogen-bond donors (Lipinski definition) is 2. The quantitative estimate of drug-likeness (QED) is 0.670. The first-order chi connectivity index (χ1) is 9.79. The Morgan fingerprint density at radius 3 is 2.33 bits per heavy atom. The van der Waals surface area contributed by atoms with E-state index in [4.69, 9.17) is 5.73 Å². The molecule has 0 amide bonds. The minimum absolute atomic E-state index is 0.133. The molecule has 0 aliphatic rings. The Bertz CT molecular complexity index is 786. The number of benzene rings is 2. The van der Waals surface area contributed by atoms with E-state index in [0.717, 1.165) is 12.1 Å². The number of sulfonamides is 1. The van der Waals surface area contributed by atoms with E-state index in [-0.39, 0.29) is 17.2 Å². The number of anilines is 2. The molecule has 0 saturated heterocycles. The Balaban J connectivity index is 2.33. The normalized spacial score (nSPS) is 11.1. The Morgan fingerprint density at radius 1 is 1.14 bits per heavy atom. The van der Waals surface area contributed by atoms with Crippen LogP contribution in [0.1, 0.15) is 17.3 Å². The highest BCUT2D eigenvalue weighted by atomic mass is 32.2. The molecule has 0 spiro atoms.